The van der Waals surface area contributed by atoms with Gasteiger partial charge < -0.3 is 14.9 Å². The molecule has 13 aromatic rings. The maximum Gasteiger partial charge on any atom is 0.323 e. The zero-order valence-corrected chi connectivity index (χ0v) is 68.4. The van der Waals surface area contributed by atoms with Gasteiger partial charge in [0.1, 0.15) is 15.2 Å². The van der Waals surface area contributed by atoms with E-state index < -0.39 is 12.5 Å². The molecule has 546 valence electrons. The predicted molar refractivity (Wildman–Crippen MR) is 476 cm³/mol. The molecule has 2 fully saturated rings. The summed E-state index contributed by atoms with van der Waals surface area (Å²) < 4.78 is 0.894. The van der Waals surface area contributed by atoms with Crippen LogP contribution in [-0.4, -0.2) is 54.4 Å². The van der Waals surface area contributed by atoms with Crippen molar-refractivity contribution in [1.29, 1.82) is 0 Å². The van der Waals surface area contributed by atoms with Crippen LogP contribution in [0.1, 0.15) is 117 Å². The fourth-order valence-electron chi connectivity index (χ4n) is 17.3. The average molecular weight is 1570 g/mol. The molecule has 0 radical (unpaired) electrons. The summed E-state index contributed by atoms with van der Waals surface area (Å²) in [6.45, 7) is 20.8. The van der Waals surface area contributed by atoms with Crippen LogP contribution >= 0.6 is 82.0 Å². The van der Waals surface area contributed by atoms with Gasteiger partial charge in [-0.15, -0.1) is 34.0 Å². The normalized spacial score (nSPS) is 16.6. The summed E-state index contributed by atoms with van der Waals surface area (Å²) in [6.07, 6.45) is 3.77. The number of anilines is 6. The van der Waals surface area contributed by atoms with Gasteiger partial charge in [-0.1, -0.05) is 249 Å². The van der Waals surface area contributed by atoms with Gasteiger partial charge in [-0.25, -0.2) is 0 Å². The van der Waals surface area contributed by atoms with Crippen LogP contribution in [0.3, 0.4) is 0 Å². The van der Waals surface area contributed by atoms with Crippen LogP contribution in [0, 0.1) is 0 Å². The quantitative estimate of drug-likeness (QED) is 0.0839. The summed E-state index contributed by atoms with van der Waals surface area (Å²) in [5.74, 6) is -1.47. The molecular formula is C96H76N4O4S7. The molecule has 15 heteroatoms. The third-order valence-corrected chi connectivity index (χ3v) is 29.3. The number of carboxylic acids is 1. The number of benzene rings is 10. The van der Waals surface area contributed by atoms with Gasteiger partial charge in [-0.2, -0.15) is 0 Å². The number of amides is 2. The van der Waals surface area contributed by atoms with E-state index in [-0.39, 0.29) is 37.8 Å². The molecule has 3 aromatic heterocycles. The summed E-state index contributed by atoms with van der Waals surface area (Å²) in [5, 5.41) is 9.20. The van der Waals surface area contributed by atoms with Gasteiger partial charge in [0.05, 0.1) is 9.81 Å². The molecule has 2 aliphatic heterocycles. The Morgan fingerprint density at radius 2 is 0.649 bits per heavy atom. The Hall–Kier alpha value is -10.3. The van der Waals surface area contributed by atoms with Crippen molar-refractivity contribution in [2.24, 2.45) is 0 Å². The molecular weight excluding hydrogens is 1500 g/mol. The standard InChI is InChI=1S/C50H40N2OS4.C46H36N2O3S3/c1-6-51-47(53)46(57-48(51)54)29-34-21-24-44(55-34)45-26-25-43(56-45)30-15-17-31(18-16-30)52(32-19-22-37-35-11-7-9-13-39(35)49(2,3)41(37)27-32)33-20-23-38-36-12-8-10-14-40(36)50(4,5)42(38)28-33;1-45(2)36-11-7-5-9-32(36)34-20-17-29(23-38(34)45)48(30-18-21-35-33-10-6-8-12-37(33)46(3,4)39(35)24-30)28-15-13-27(14-16-28)40-22-19-31(53-40)25-41-43(51)47(26-42(49)50)44(52)54-41/h7-29H,6H2,1-5H3;5-25H,26H2,1-4H3,(H,49,50)/b46-29-;41-25-. The summed E-state index contributed by atoms with van der Waals surface area (Å²) >= 11 is 18.3. The Bertz CT molecular complexity index is 5950. The first kappa shape index (κ1) is 72.2. The van der Waals surface area contributed by atoms with Gasteiger partial charge >= 0.3 is 5.97 Å². The number of thiocarbonyl (C=S) groups is 2. The van der Waals surface area contributed by atoms with Crippen molar-refractivity contribution in [3.63, 3.8) is 0 Å². The van der Waals surface area contributed by atoms with Gasteiger partial charge in [0.15, 0.2) is 0 Å². The predicted octanol–water partition coefficient (Wildman–Crippen LogP) is 26.2. The van der Waals surface area contributed by atoms with E-state index in [1.54, 1.807) is 45.0 Å². The Balaban J connectivity index is 0.000000156. The summed E-state index contributed by atoms with van der Waals surface area (Å²) in [4.78, 5) is 52.3. The fourth-order valence-corrected chi connectivity index (χ4v) is 23.1. The summed E-state index contributed by atoms with van der Waals surface area (Å²) in [7, 11) is 0. The topological polar surface area (TPSA) is 84.4 Å². The van der Waals surface area contributed by atoms with Gasteiger partial charge in [0, 0.05) is 91.6 Å². The molecule has 8 nitrogen and oxygen atoms in total. The smallest absolute Gasteiger partial charge is 0.323 e. The Morgan fingerprint density at radius 3 is 1.01 bits per heavy atom. The number of hydrogen-bond donors (Lipinski definition) is 1. The van der Waals surface area contributed by atoms with Crippen LogP contribution in [0.25, 0.3) is 87.3 Å². The number of likely N-dealkylation sites (N-methyl/N-ethyl adjacent to an activating group) is 1. The maximum atomic E-state index is 12.9. The van der Waals surface area contributed by atoms with Crippen molar-refractivity contribution in [3.8, 4) is 75.1 Å². The number of carbonyl (C=O) groups excluding carboxylic acids is 2. The van der Waals surface area contributed by atoms with Crippen molar-refractivity contribution in [3.05, 3.63) is 319 Å². The number of hydrogen-bond acceptors (Lipinski definition) is 12. The Morgan fingerprint density at radius 1 is 0.360 bits per heavy atom. The monoisotopic (exact) mass is 1570 g/mol. The first-order chi connectivity index (χ1) is 53.4. The number of thiophene rings is 3. The van der Waals surface area contributed by atoms with Gasteiger partial charge in [0.2, 0.25) is 0 Å². The van der Waals surface area contributed by atoms with E-state index in [1.807, 2.05) is 19.1 Å². The number of thioether (sulfide) groups is 2. The third kappa shape index (κ3) is 12.2. The Labute approximate surface area is 679 Å². The highest BCUT2D eigenvalue weighted by molar-refractivity contribution is 8.27. The summed E-state index contributed by atoms with van der Waals surface area (Å²) in [6, 6.07) is 93.6. The molecule has 0 spiro atoms. The lowest BCUT2D eigenvalue weighted by Gasteiger charge is -2.30. The van der Waals surface area contributed by atoms with Crippen molar-refractivity contribution in [1.82, 2.24) is 9.80 Å². The number of carboxylic acid groups (broad SMARTS) is 1. The van der Waals surface area contributed by atoms with Crippen LogP contribution in [-0.2, 0) is 36.0 Å². The second-order valence-corrected chi connectivity index (χ2v) is 37.7. The fraction of sp³-hybridized carbons (Fsp3) is 0.156. The van der Waals surface area contributed by atoms with E-state index >= 15 is 0 Å². The molecule has 0 bridgehead atoms. The van der Waals surface area contributed by atoms with Crippen LogP contribution in [0.4, 0.5) is 34.1 Å². The zero-order valence-electron chi connectivity index (χ0n) is 62.6. The number of nitrogens with zero attached hydrogens (tertiary/aromatic N) is 4. The lowest BCUT2D eigenvalue weighted by atomic mass is 9.82. The molecule has 5 heterocycles. The van der Waals surface area contributed by atoms with Crippen LogP contribution in [0.2, 0.25) is 0 Å². The van der Waals surface area contributed by atoms with E-state index in [0.29, 0.717) is 20.7 Å². The molecule has 0 atom stereocenters. The highest BCUT2D eigenvalue weighted by atomic mass is 32.2. The first-order valence-electron chi connectivity index (χ1n) is 37.3. The zero-order chi connectivity index (χ0) is 76.7. The van der Waals surface area contributed by atoms with E-state index in [2.05, 4.69) is 314 Å². The van der Waals surface area contributed by atoms with Crippen molar-refractivity contribution < 1.29 is 19.5 Å². The van der Waals surface area contributed by atoms with Crippen molar-refractivity contribution in [2.75, 3.05) is 22.9 Å². The molecule has 19 rings (SSSR count). The molecule has 0 unspecified atom stereocenters. The molecule has 4 aliphatic carbocycles. The van der Waals surface area contributed by atoms with E-state index in [1.165, 1.54) is 121 Å². The highest BCUT2D eigenvalue weighted by Gasteiger charge is 2.42. The number of carbonyl (C=O) groups is 3. The van der Waals surface area contributed by atoms with Gasteiger partial charge in [-0.05, 0) is 228 Å². The van der Waals surface area contributed by atoms with E-state index in [0.717, 1.165) is 71.0 Å². The van der Waals surface area contributed by atoms with Crippen molar-refractivity contribution in [2.45, 2.75) is 84.0 Å². The van der Waals surface area contributed by atoms with Crippen molar-refractivity contribution >= 4 is 155 Å². The number of aliphatic carboxylic acids is 1. The average Bonchev–Trinajstić information content (AvgIpc) is 1.58. The van der Waals surface area contributed by atoms with Gasteiger partial charge in [0.25, 0.3) is 11.8 Å². The van der Waals surface area contributed by atoms with Crippen LogP contribution in [0.15, 0.2) is 265 Å². The number of rotatable bonds is 14. The molecule has 111 heavy (non-hydrogen) atoms. The van der Waals surface area contributed by atoms with Crippen LogP contribution < -0.4 is 9.80 Å². The second kappa shape index (κ2) is 27.6. The largest absolute Gasteiger partial charge is 0.480 e. The van der Waals surface area contributed by atoms with E-state index in [4.69, 9.17) is 24.4 Å². The maximum absolute atomic E-state index is 12.9. The SMILES string of the molecule is CC1(C)c2ccccc2-c2ccc(N(c3ccc(-c4ccc(/C=C5\SC(=S)N(CC(=O)O)C5=O)s4)cc3)c3ccc4c(c3)C(C)(C)c3ccccc3-4)cc21.CCN1C(=O)/C(=C/c2ccc(-c3ccc(-c4ccc(N(c5ccc6c(c5)C(C)(C)c5ccccc5-6)c5ccc6c(c5)C(C)(C)c5ccccc5-6)cc4)s3)s2)SC1=S. The lowest BCUT2D eigenvalue weighted by Crippen LogP contribution is -2.33. The minimum atomic E-state index is -1.09. The first-order valence-corrected chi connectivity index (χ1v) is 42.2. The minimum absolute atomic E-state index is 0.000891. The summed E-state index contributed by atoms with van der Waals surface area (Å²) in [5.41, 5.74) is 29.8. The third-order valence-electron chi connectivity index (χ3n) is 23.1. The molecule has 2 saturated heterocycles. The molecule has 6 aliphatic rings. The molecule has 0 saturated carbocycles. The second-order valence-electron chi connectivity index (χ2n) is 31.0. The highest BCUT2D eigenvalue weighted by Crippen LogP contribution is 2.57. The molecule has 10 aromatic carbocycles. The minimum Gasteiger partial charge on any atom is -0.480 e. The van der Waals surface area contributed by atoms with Gasteiger partial charge in [-0.3, -0.25) is 24.2 Å². The molecule has 2 amide bonds. The Kier molecular flexibility index (Phi) is 17.9. The van der Waals surface area contributed by atoms with E-state index in [9.17, 15) is 19.5 Å². The van der Waals surface area contributed by atoms with Crippen LogP contribution in [0.5, 0.6) is 0 Å². The number of fused-ring (bicyclic) bond motifs is 12. The molecule has 1 N–H and O–H groups in total. The lowest BCUT2D eigenvalue weighted by molar-refractivity contribution is -0.140.